The number of nitrogens with zero attached hydrogens (tertiary/aromatic N) is 1. The molecule has 0 aliphatic carbocycles. The van der Waals surface area contributed by atoms with Crippen LogP contribution in [0.25, 0.3) is 6.08 Å². The van der Waals surface area contributed by atoms with Gasteiger partial charge in [-0.25, -0.2) is 9.59 Å². The first-order valence-electron chi connectivity index (χ1n) is 9.71. The first-order chi connectivity index (χ1) is 13.6. The molecule has 5 nitrogen and oxygen atoms in total. The van der Waals surface area contributed by atoms with Crippen molar-refractivity contribution in [1.82, 2.24) is 4.90 Å². The van der Waals surface area contributed by atoms with Crippen LogP contribution in [0.4, 0.5) is 0 Å². The molecule has 0 bridgehead atoms. The Balaban J connectivity index is -0.000000362. The number of hydrogen-bond acceptors (Lipinski definition) is 4. The number of unbranched alkanes of at least 4 members (excludes halogenated alkanes) is 1. The number of carbonyl (C=O) groups excluding carboxylic acids is 1. The smallest absolute Gasteiger partial charge is 0.333 e. The third-order valence-electron chi connectivity index (χ3n) is 3.50. The minimum atomic E-state index is -0.885. The largest absolute Gasteiger partial charge is 0.478 e. The highest BCUT2D eigenvalue weighted by molar-refractivity contribution is 5.87. The van der Waals surface area contributed by atoms with Gasteiger partial charge in [-0.1, -0.05) is 69.5 Å². The number of halogens is 1. The van der Waals surface area contributed by atoms with E-state index in [0.717, 1.165) is 25.8 Å². The first-order valence-corrected chi connectivity index (χ1v) is 9.71. The number of carboxylic acid groups (broad SMARTS) is 1. The third kappa shape index (κ3) is 21.9. The van der Waals surface area contributed by atoms with Gasteiger partial charge in [0.25, 0.3) is 0 Å². The van der Waals surface area contributed by atoms with E-state index in [1.165, 1.54) is 5.56 Å². The predicted molar refractivity (Wildman–Crippen MR) is 129 cm³/mol. The lowest BCUT2D eigenvalue weighted by Gasteiger charge is -2.08. The summed E-state index contributed by atoms with van der Waals surface area (Å²) in [5.41, 5.74) is 1.94. The Morgan fingerprint density at radius 2 is 1.70 bits per heavy atom. The topological polar surface area (TPSA) is 66.8 Å². The normalized spacial score (nSPS) is 8.97. The summed E-state index contributed by atoms with van der Waals surface area (Å²) in [5, 5.41) is 8.43. The number of hydrogen-bond donors (Lipinski definition) is 1. The van der Waals surface area contributed by atoms with E-state index in [-0.39, 0.29) is 18.4 Å². The van der Waals surface area contributed by atoms with E-state index in [4.69, 9.17) is 9.84 Å². The van der Waals surface area contributed by atoms with Crippen molar-refractivity contribution in [3.8, 4) is 0 Å². The molecule has 1 aromatic rings. The molecular weight excluding hydrogens is 402 g/mol. The van der Waals surface area contributed by atoms with Gasteiger partial charge < -0.3 is 14.7 Å². The van der Waals surface area contributed by atoms with E-state index in [1.807, 2.05) is 55.4 Å². The number of carbonyl (C=O) groups is 2. The second kappa shape index (κ2) is 21.3. The fraction of sp³-hybridized carbons (Fsp3) is 0.417. The quantitative estimate of drug-likeness (QED) is 0.291. The fourth-order valence-corrected chi connectivity index (χ4v) is 1.74. The monoisotopic (exact) mass is 439 g/mol. The van der Waals surface area contributed by atoms with E-state index >= 15 is 0 Å². The Labute approximate surface area is 188 Å². The molecule has 1 aromatic carbocycles. The Hall–Kier alpha value is -2.37. The molecule has 0 radical (unpaired) electrons. The van der Waals surface area contributed by atoms with Gasteiger partial charge in [0.1, 0.15) is 0 Å². The minimum Gasteiger partial charge on any atom is -0.478 e. The van der Waals surface area contributed by atoms with Crippen LogP contribution in [-0.2, 0) is 14.3 Å². The van der Waals surface area contributed by atoms with Crippen molar-refractivity contribution < 1.29 is 19.4 Å². The number of aliphatic carboxylic acids is 1. The highest BCUT2D eigenvalue weighted by atomic mass is 35.5. The van der Waals surface area contributed by atoms with Crippen LogP contribution in [0.3, 0.4) is 0 Å². The zero-order valence-corrected chi connectivity index (χ0v) is 19.7. The molecule has 0 aromatic heterocycles. The highest BCUT2D eigenvalue weighted by Crippen LogP contribution is 2.02. The highest BCUT2D eigenvalue weighted by Gasteiger charge is 2.02. The lowest BCUT2D eigenvalue weighted by molar-refractivity contribution is -0.139. The maximum atomic E-state index is 10.7. The molecule has 6 heteroatoms. The van der Waals surface area contributed by atoms with Gasteiger partial charge in [-0.3, -0.25) is 0 Å². The van der Waals surface area contributed by atoms with Crippen molar-refractivity contribution in [3.63, 3.8) is 0 Å². The van der Waals surface area contributed by atoms with Crippen LogP contribution in [0.5, 0.6) is 0 Å². The second-order valence-corrected chi connectivity index (χ2v) is 6.70. The zero-order valence-electron chi connectivity index (χ0n) is 18.9. The van der Waals surface area contributed by atoms with Crippen LogP contribution in [-0.4, -0.2) is 49.2 Å². The van der Waals surface area contributed by atoms with Crippen molar-refractivity contribution in [3.05, 3.63) is 66.8 Å². The van der Waals surface area contributed by atoms with Crippen LogP contribution in [0, 0.1) is 0 Å². The molecule has 0 amide bonds. The molecule has 0 fully saturated rings. The molecule has 0 aliphatic rings. The summed E-state index contributed by atoms with van der Waals surface area (Å²) in [4.78, 5) is 23.0. The Morgan fingerprint density at radius 1 is 1.13 bits per heavy atom. The van der Waals surface area contributed by atoms with Crippen molar-refractivity contribution in [2.24, 2.45) is 0 Å². The number of esters is 1. The molecule has 0 unspecified atom stereocenters. The van der Waals surface area contributed by atoms with Crippen molar-refractivity contribution >= 4 is 30.4 Å². The van der Waals surface area contributed by atoms with Gasteiger partial charge in [0.15, 0.2) is 0 Å². The van der Waals surface area contributed by atoms with Gasteiger partial charge in [0, 0.05) is 11.1 Å². The average Bonchev–Trinajstić information content (AvgIpc) is 2.69. The average molecular weight is 440 g/mol. The second-order valence-electron chi connectivity index (χ2n) is 6.70. The fourth-order valence-electron chi connectivity index (χ4n) is 1.74. The minimum absolute atomic E-state index is 0. The molecular formula is C24H38ClNO4. The molecule has 1 N–H and O–H groups in total. The summed E-state index contributed by atoms with van der Waals surface area (Å²) < 4.78 is 4.81. The molecule has 0 heterocycles. The lowest BCUT2D eigenvalue weighted by Crippen LogP contribution is -2.13. The van der Waals surface area contributed by atoms with Crippen LogP contribution in [0.1, 0.15) is 45.1 Å². The van der Waals surface area contributed by atoms with Crippen molar-refractivity contribution in [1.29, 1.82) is 0 Å². The summed E-state index contributed by atoms with van der Waals surface area (Å²) in [5.74, 6) is -1.17. The van der Waals surface area contributed by atoms with Gasteiger partial charge in [0.2, 0.25) is 0 Å². The van der Waals surface area contributed by atoms with Gasteiger partial charge >= 0.3 is 11.9 Å². The van der Waals surface area contributed by atoms with Crippen LogP contribution >= 0.6 is 12.4 Å². The predicted octanol–water partition coefficient (Wildman–Crippen LogP) is 5.63. The Kier molecular flexibility index (Phi) is 23.0. The van der Waals surface area contributed by atoms with E-state index in [2.05, 4.69) is 26.7 Å². The van der Waals surface area contributed by atoms with Gasteiger partial charge in [0.05, 0.1) is 6.61 Å². The Morgan fingerprint density at radius 3 is 2.07 bits per heavy atom. The maximum absolute atomic E-state index is 10.7. The summed E-state index contributed by atoms with van der Waals surface area (Å²) in [6.07, 6.45) is 5.24. The Bertz CT molecular complexity index is 627. The first kappa shape index (κ1) is 32.3. The van der Waals surface area contributed by atoms with Crippen LogP contribution in [0.15, 0.2) is 61.2 Å². The van der Waals surface area contributed by atoms with Crippen LogP contribution in [0.2, 0.25) is 0 Å². The summed E-state index contributed by atoms with van der Waals surface area (Å²) in [6.45, 7) is 15.6. The molecule has 0 atom stereocenters. The summed E-state index contributed by atoms with van der Waals surface area (Å²) in [7, 11) is 3.92. The van der Waals surface area contributed by atoms with E-state index in [9.17, 15) is 9.59 Å². The van der Waals surface area contributed by atoms with E-state index in [1.54, 1.807) is 6.92 Å². The standard InChI is InChI=1S/C8H15NO2.C8H14O2.C8H8.ClH/c1-7(8(10)11)5-4-6-9(2)3;1-4-5-6-10-8(9)7(2)3;1-2-8-6-4-3-5-7-8;/h1,4-6H2,2-3H3,(H,10,11);2,4-6H2,1,3H3;2-7H,1H2;1H. The number of carboxylic acids is 1. The van der Waals surface area contributed by atoms with E-state index in [0.29, 0.717) is 24.2 Å². The molecule has 170 valence electrons. The maximum Gasteiger partial charge on any atom is 0.333 e. The number of benzene rings is 1. The SMILES string of the molecule is C=C(C)C(=O)OCCCC.C=C(CCCN(C)C)C(=O)O.C=Cc1ccccc1.Cl. The van der Waals surface area contributed by atoms with Crippen molar-refractivity contribution in [2.75, 3.05) is 27.2 Å². The number of rotatable bonds is 10. The van der Waals surface area contributed by atoms with Crippen molar-refractivity contribution in [2.45, 2.75) is 39.5 Å². The zero-order chi connectivity index (χ0) is 22.7. The van der Waals surface area contributed by atoms with Crippen LogP contribution < -0.4 is 0 Å². The lowest BCUT2D eigenvalue weighted by atomic mass is 10.1. The molecule has 0 aliphatic heterocycles. The summed E-state index contributed by atoms with van der Waals surface area (Å²) in [6, 6.07) is 10.0. The third-order valence-corrected chi connectivity index (χ3v) is 3.50. The molecule has 0 spiro atoms. The molecule has 30 heavy (non-hydrogen) atoms. The number of ether oxygens (including phenoxy) is 1. The molecule has 0 saturated carbocycles. The van der Waals surface area contributed by atoms with Gasteiger partial charge in [-0.15, -0.1) is 12.4 Å². The summed E-state index contributed by atoms with van der Waals surface area (Å²) >= 11 is 0. The van der Waals surface area contributed by atoms with Gasteiger partial charge in [-0.05, 0) is 52.4 Å². The van der Waals surface area contributed by atoms with Gasteiger partial charge in [-0.2, -0.15) is 0 Å². The van der Waals surface area contributed by atoms with E-state index < -0.39 is 5.97 Å². The molecule has 1 rings (SSSR count). The molecule has 0 saturated heterocycles.